The first kappa shape index (κ1) is 13.0. The van der Waals surface area contributed by atoms with E-state index in [-0.39, 0.29) is 0 Å². The van der Waals surface area contributed by atoms with Crippen molar-refractivity contribution in [1.29, 1.82) is 0 Å². The monoisotopic (exact) mass is 249 g/mol. The molecule has 3 aliphatic rings. The molecule has 0 radical (unpaired) electrons. The summed E-state index contributed by atoms with van der Waals surface area (Å²) in [4.78, 5) is 0. The number of hydrogen-bond acceptors (Lipinski definition) is 1. The van der Waals surface area contributed by atoms with Crippen LogP contribution in [0.3, 0.4) is 0 Å². The minimum absolute atomic E-state index is 0.887. The van der Waals surface area contributed by atoms with Crippen molar-refractivity contribution in [2.75, 3.05) is 6.54 Å². The van der Waals surface area contributed by atoms with Gasteiger partial charge in [-0.3, -0.25) is 0 Å². The molecular weight excluding hydrogens is 218 g/mol. The third-order valence-corrected chi connectivity index (χ3v) is 5.93. The lowest BCUT2D eigenvalue weighted by Gasteiger charge is -2.32. The molecule has 0 aromatic carbocycles. The third-order valence-electron chi connectivity index (χ3n) is 5.93. The first-order chi connectivity index (χ1) is 8.92. The predicted octanol–water partition coefficient (Wildman–Crippen LogP) is 4.37. The lowest BCUT2D eigenvalue weighted by Crippen LogP contribution is -2.40. The fraction of sp³-hybridized carbons (Fsp3) is 1.00. The maximum atomic E-state index is 3.96. The SMILES string of the molecule is CCCNC(C1CCCCC1)C1C2CCCCC21. The molecule has 104 valence electrons. The Morgan fingerprint density at radius 1 is 0.889 bits per heavy atom. The van der Waals surface area contributed by atoms with Crippen molar-refractivity contribution in [3.63, 3.8) is 0 Å². The Kier molecular flexibility index (Phi) is 4.28. The quantitative estimate of drug-likeness (QED) is 0.763. The molecule has 1 N–H and O–H groups in total. The lowest BCUT2D eigenvalue weighted by atomic mass is 9.81. The fourth-order valence-corrected chi connectivity index (χ4v) is 5.00. The summed E-state index contributed by atoms with van der Waals surface area (Å²) >= 11 is 0. The van der Waals surface area contributed by atoms with Gasteiger partial charge in [0.1, 0.15) is 0 Å². The summed E-state index contributed by atoms with van der Waals surface area (Å²) in [5.74, 6) is 4.33. The van der Waals surface area contributed by atoms with E-state index in [9.17, 15) is 0 Å². The normalized spacial score (nSPS) is 38.2. The predicted molar refractivity (Wildman–Crippen MR) is 77.6 cm³/mol. The van der Waals surface area contributed by atoms with Crippen molar-refractivity contribution in [2.45, 2.75) is 77.2 Å². The van der Waals surface area contributed by atoms with Crippen molar-refractivity contribution in [3.05, 3.63) is 0 Å². The van der Waals surface area contributed by atoms with Gasteiger partial charge in [-0.2, -0.15) is 0 Å². The van der Waals surface area contributed by atoms with Gasteiger partial charge < -0.3 is 5.32 Å². The molecule has 0 amide bonds. The Labute approximate surface area is 113 Å². The topological polar surface area (TPSA) is 12.0 Å². The summed E-state index contributed by atoms with van der Waals surface area (Å²) in [6, 6.07) is 0.887. The van der Waals surface area contributed by atoms with Gasteiger partial charge in [0.25, 0.3) is 0 Å². The number of fused-ring (bicyclic) bond motifs is 1. The second kappa shape index (κ2) is 5.94. The molecular formula is C17H31N. The van der Waals surface area contributed by atoms with E-state index >= 15 is 0 Å². The average molecular weight is 249 g/mol. The van der Waals surface area contributed by atoms with Crippen LogP contribution in [0.5, 0.6) is 0 Å². The van der Waals surface area contributed by atoms with Gasteiger partial charge in [0.05, 0.1) is 0 Å². The van der Waals surface area contributed by atoms with Gasteiger partial charge in [-0.25, -0.2) is 0 Å². The van der Waals surface area contributed by atoms with Crippen LogP contribution in [-0.4, -0.2) is 12.6 Å². The van der Waals surface area contributed by atoms with Crippen molar-refractivity contribution >= 4 is 0 Å². The van der Waals surface area contributed by atoms with E-state index in [1.807, 2.05) is 0 Å². The van der Waals surface area contributed by atoms with Crippen molar-refractivity contribution < 1.29 is 0 Å². The Bertz CT molecular complexity index is 244. The van der Waals surface area contributed by atoms with E-state index in [1.165, 1.54) is 57.9 Å². The van der Waals surface area contributed by atoms with Crippen LogP contribution < -0.4 is 5.32 Å². The first-order valence-corrected chi connectivity index (χ1v) is 8.65. The first-order valence-electron chi connectivity index (χ1n) is 8.65. The maximum Gasteiger partial charge on any atom is 0.0129 e. The average Bonchev–Trinajstić information content (AvgIpc) is 3.15. The highest BCUT2D eigenvalue weighted by atomic mass is 14.9. The van der Waals surface area contributed by atoms with E-state index in [0.29, 0.717) is 0 Å². The molecule has 3 fully saturated rings. The van der Waals surface area contributed by atoms with Gasteiger partial charge in [-0.15, -0.1) is 0 Å². The number of hydrogen-bond donors (Lipinski definition) is 1. The Hall–Kier alpha value is -0.0400. The zero-order valence-electron chi connectivity index (χ0n) is 12.2. The standard InChI is InChI=1S/C17H31N/c1-2-12-18-17(13-8-4-3-5-9-13)16-14-10-6-7-11-15(14)16/h13-18H,2-12H2,1H3. The zero-order valence-corrected chi connectivity index (χ0v) is 12.2. The molecule has 18 heavy (non-hydrogen) atoms. The van der Waals surface area contributed by atoms with E-state index in [0.717, 1.165) is 29.7 Å². The van der Waals surface area contributed by atoms with Crippen LogP contribution in [0.2, 0.25) is 0 Å². The summed E-state index contributed by atoms with van der Waals surface area (Å²) in [5, 5.41) is 3.96. The minimum atomic E-state index is 0.887. The van der Waals surface area contributed by atoms with Gasteiger partial charge in [-0.05, 0) is 62.3 Å². The minimum Gasteiger partial charge on any atom is -0.313 e. The van der Waals surface area contributed by atoms with Crippen LogP contribution in [0.4, 0.5) is 0 Å². The molecule has 0 heterocycles. The highest BCUT2D eigenvalue weighted by molar-refractivity contribution is 5.06. The maximum absolute atomic E-state index is 3.96. The van der Waals surface area contributed by atoms with E-state index in [4.69, 9.17) is 0 Å². The summed E-state index contributed by atoms with van der Waals surface area (Å²) in [6.07, 6.45) is 14.9. The van der Waals surface area contributed by atoms with Crippen LogP contribution in [0.1, 0.15) is 71.1 Å². The van der Waals surface area contributed by atoms with Crippen LogP contribution in [0.25, 0.3) is 0 Å². The highest BCUT2D eigenvalue weighted by Crippen LogP contribution is 2.58. The Morgan fingerprint density at radius 2 is 1.50 bits per heavy atom. The second-order valence-electron chi connectivity index (χ2n) is 7.07. The smallest absolute Gasteiger partial charge is 0.0129 e. The van der Waals surface area contributed by atoms with Crippen LogP contribution >= 0.6 is 0 Å². The van der Waals surface area contributed by atoms with E-state index < -0.39 is 0 Å². The Morgan fingerprint density at radius 3 is 2.11 bits per heavy atom. The van der Waals surface area contributed by atoms with Crippen LogP contribution in [0, 0.1) is 23.7 Å². The summed E-state index contributed by atoms with van der Waals surface area (Å²) in [5.41, 5.74) is 0. The zero-order chi connectivity index (χ0) is 12.4. The summed E-state index contributed by atoms with van der Waals surface area (Å²) in [6.45, 7) is 3.56. The number of rotatable bonds is 5. The molecule has 1 nitrogen and oxygen atoms in total. The molecule has 3 saturated carbocycles. The molecule has 3 unspecified atom stereocenters. The molecule has 0 aromatic rings. The molecule has 3 atom stereocenters. The van der Waals surface area contributed by atoms with Crippen LogP contribution in [-0.2, 0) is 0 Å². The molecule has 0 aromatic heterocycles. The molecule has 0 bridgehead atoms. The highest BCUT2D eigenvalue weighted by Gasteiger charge is 2.55. The lowest BCUT2D eigenvalue weighted by molar-refractivity contribution is 0.237. The van der Waals surface area contributed by atoms with Gasteiger partial charge in [-0.1, -0.05) is 39.0 Å². The molecule has 3 aliphatic carbocycles. The fourth-order valence-electron chi connectivity index (χ4n) is 5.00. The number of nitrogens with one attached hydrogen (secondary N) is 1. The molecule has 1 heteroatoms. The second-order valence-corrected chi connectivity index (χ2v) is 7.07. The van der Waals surface area contributed by atoms with Gasteiger partial charge >= 0.3 is 0 Å². The molecule has 0 saturated heterocycles. The summed E-state index contributed by atoms with van der Waals surface area (Å²) < 4.78 is 0. The molecule has 0 aliphatic heterocycles. The van der Waals surface area contributed by atoms with Crippen LogP contribution in [0.15, 0.2) is 0 Å². The largest absolute Gasteiger partial charge is 0.313 e. The summed E-state index contributed by atoms with van der Waals surface area (Å²) in [7, 11) is 0. The van der Waals surface area contributed by atoms with E-state index in [1.54, 1.807) is 12.8 Å². The van der Waals surface area contributed by atoms with Gasteiger partial charge in [0.15, 0.2) is 0 Å². The van der Waals surface area contributed by atoms with Crippen molar-refractivity contribution in [1.82, 2.24) is 5.32 Å². The third kappa shape index (κ3) is 2.61. The van der Waals surface area contributed by atoms with Crippen molar-refractivity contribution in [2.24, 2.45) is 23.7 Å². The Balaban J connectivity index is 1.61. The van der Waals surface area contributed by atoms with Gasteiger partial charge in [0.2, 0.25) is 0 Å². The molecule has 0 spiro atoms. The van der Waals surface area contributed by atoms with Crippen molar-refractivity contribution in [3.8, 4) is 0 Å². The van der Waals surface area contributed by atoms with E-state index in [2.05, 4.69) is 12.2 Å². The molecule has 3 rings (SSSR count). The van der Waals surface area contributed by atoms with Gasteiger partial charge in [0, 0.05) is 6.04 Å².